The number of nitrogens with two attached hydrogens (primary N) is 1. The lowest BCUT2D eigenvalue weighted by atomic mass is 9.98. The molecule has 0 amide bonds. The quantitative estimate of drug-likeness (QED) is 0.855. The molecule has 19 heavy (non-hydrogen) atoms. The molecular formula is C12H17FN2O3S. The van der Waals surface area contributed by atoms with Crippen molar-refractivity contribution in [2.75, 3.05) is 30.5 Å². The molecule has 1 saturated heterocycles. The standard InChI is InChI=1S/C12H17FN2O3S/c1-18-11-6-9(2-3-10(11)13)15-12(7-14)4-5-19(16,17)8-12/h2-3,6,15H,4-5,7-8,14H2,1H3. The molecule has 1 aromatic rings. The van der Waals surface area contributed by atoms with E-state index in [0.717, 1.165) is 0 Å². The molecule has 0 saturated carbocycles. The van der Waals surface area contributed by atoms with Crippen molar-refractivity contribution in [1.29, 1.82) is 0 Å². The van der Waals surface area contributed by atoms with Gasteiger partial charge in [-0.25, -0.2) is 12.8 Å². The fourth-order valence-corrected chi connectivity index (χ4v) is 4.29. The number of methoxy groups -OCH3 is 1. The second-order valence-corrected chi connectivity index (χ2v) is 6.98. The van der Waals surface area contributed by atoms with Crippen molar-refractivity contribution in [2.24, 2.45) is 5.73 Å². The first-order valence-corrected chi connectivity index (χ1v) is 7.74. The molecule has 1 aromatic carbocycles. The molecule has 5 nitrogen and oxygen atoms in total. The van der Waals surface area contributed by atoms with Crippen molar-refractivity contribution in [3.63, 3.8) is 0 Å². The van der Waals surface area contributed by atoms with Crippen LogP contribution >= 0.6 is 0 Å². The summed E-state index contributed by atoms with van der Waals surface area (Å²) in [7, 11) is -1.68. The number of benzene rings is 1. The Kier molecular flexibility index (Phi) is 3.69. The SMILES string of the molecule is COc1cc(NC2(CN)CCS(=O)(=O)C2)ccc1F. The summed E-state index contributed by atoms with van der Waals surface area (Å²) in [6, 6.07) is 4.31. The molecule has 1 heterocycles. The molecule has 1 aliphatic heterocycles. The largest absolute Gasteiger partial charge is 0.494 e. The molecule has 1 atom stereocenters. The van der Waals surface area contributed by atoms with Crippen molar-refractivity contribution >= 4 is 15.5 Å². The zero-order chi connectivity index (χ0) is 14.1. The minimum absolute atomic E-state index is 0.00378. The zero-order valence-electron chi connectivity index (χ0n) is 10.6. The number of halogens is 1. The highest BCUT2D eigenvalue weighted by atomic mass is 32.2. The van der Waals surface area contributed by atoms with Crippen LogP contribution in [0.25, 0.3) is 0 Å². The van der Waals surface area contributed by atoms with Crippen molar-refractivity contribution < 1.29 is 17.5 Å². The summed E-state index contributed by atoms with van der Waals surface area (Å²) in [5.74, 6) is -0.238. The highest BCUT2D eigenvalue weighted by Gasteiger charge is 2.41. The number of rotatable bonds is 4. The van der Waals surface area contributed by atoms with Gasteiger partial charge in [0.25, 0.3) is 0 Å². The van der Waals surface area contributed by atoms with Crippen LogP contribution in [-0.2, 0) is 9.84 Å². The van der Waals surface area contributed by atoms with Crippen LogP contribution in [-0.4, -0.2) is 39.1 Å². The first-order valence-electron chi connectivity index (χ1n) is 5.92. The second kappa shape index (κ2) is 4.97. The van der Waals surface area contributed by atoms with E-state index in [2.05, 4.69) is 5.32 Å². The van der Waals surface area contributed by atoms with E-state index in [-0.39, 0.29) is 23.8 Å². The predicted molar refractivity (Wildman–Crippen MR) is 71.6 cm³/mol. The summed E-state index contributed by atoms with van der Waals surface area (Å²) < 4.78 is 41.4. The molecular weight excluding hydrogens is 271 g/mol. The third-order valence-electron chi connectivity index (χ3n) is 3.34. The Morgan fingerprint density at radius 2 is 2.26 bits per heavy atom. The van der Waals surface area contributed by atoms with Gasteiger partial charge in [0.1, 0.15) is 0 Å². The summed E-state index contributed by atoms with van der Waals surface area (Å²) in [6.07, 6.45) is 0.450. The molecule has 2 rings (SSSR count). The average molecular weight is 288 g/mol. The average Bonchev–Trinajstić information content (AvgIpc) is 2.68. The summed E-state index contributed by atoms with van der Waals surface area (Å²) >= 11 is 0. The van der Waals surface area contributed by atoms with E-state index < -0.39 is 21.2 Å². The van der Waals surface area contributed by atoms with Crippen LogP contribution in [0.15, 0.2) is 18.2 Å². The van der Waals surface area contributed by atoms with Gasteiger partial charge in [-0.3, -0.25) is 0 Å². The van der Waals surface area contributed by atoms with Crippen LogP contribution in [0.5, 0.6) is 5.75 Å². The lowest BCUT2D eigenvalue weighted by Gasteiger charge is -2.28. The highest BCUT2D eigenvalue weighted by molar-refractivity contribution is 7.91. The van der Waals surface area contributed by atoms with Crippen molar-refractivity contribution in [3.05, 3.63) is 24.0 Å². The normalized spacial score (nSPS) is 25.2. The van der Waals surface area contributed by atoms with Crippen molar-refractivity contribution in [3.8, 4) is 5.75 Å². The highest BCUT2D eigenvalue weighted by Crippen LogP contribution is 2.29. The number of hydrogen-bond donors (Lipinski definition) is 2. The molecule has 3 N–H and O–H groups in total. The molecule has 0 aromatic heterocycles. The van der Waals surface area contributed by atoms with Gasteiger partial charge in [0.05, 0.1) is 24.2 Å². The topological polar surface area (TPSA) is 81.4 Å². The van der Waals surface area contributed by atoms with Crippen LogP contribution in [0.3, 0.4) is 0 Å². The monoisotopic (exact) mass is 288 g/mol. The maximum atomic E-state index is 13.3. The zero-order valence-corrected chi connectivity index (χ0v) is 11.5. The molecule has 0 radical (unpaired) electrons. The van der Waals surface area contributed by atoms with Crippen LogP contribution < -0.4 is 15.8 Å². The Bertz CT molecular complexity index is 576. The van der Waals surface area contributed by atoms with E-state index >= 15 is 0 Å². The van der Waals surface area contributed by atoms with Gasteiger partial charge in [0.2, 0.25) is 0 Å². The fraction of sp³-hybridized carbons (Fsp3) is 0.500. The van der Waals surface area contributed by atoms with E-state index in [1.165, 1.54) is 19.2 Å². The Hall–Kier alpha value is -1.34. The lowest BCUT2D eigenvalue weighted by molar-refractivity contribution is 0.386. The molecule has 1 unspecified atom stereocenters. The fourth-order valence-electron chi connectivity index (χ4n) is 2.27. The Morgan fingerprint density at radius 1 is 1.53 bits per heavy atom. The van der Waals surface area contributed by atoms with E-state index in [1.807, 2.05) is 0 Å². The third kappa shape index (κ3) is 2.98. The van der Waals surface area contributed by atoms with Gasteiger partial charge in [-0.05, 0) is 18.6 Å². The van der Waals surface area contributed by atoms with Gasteiger partial charge in [-0.15, -0.1) is 0 Å². The number of sulfone groups is 1. The summed E-state index contributed by atoms with van der Waals surface area (Å²) in [5.41, 5.74) is 5.62. The predicted octanol–water partition coefficient (Wildman–Crippen LogP) is 0.762. The molecule has 1 fully saturated rings. The smallest absolute Gasteiger partial charge is 0.165 e. The van der Waals surface area contributed by atoms with Gasteiger partial charge in [-0.1, -0.05) is 0 Å². The van der Waals surface area contributed by atoms with Crippen LogP contribution in [0.2, 0.25) is 0 Å². The van der Waals surface area contributed by atoms with Gasteiger partial charge in [0, 0.05) is 18.3 Å². The summed E-state index contributed by atoms with van der Waals surface area (Å²) in [6.45, 7) is 0.200. The maximum Gasteiger partial charge on any atom is 0.165 e. The lowest BCUT2D eigenvalue weighted by Crippen LogP contribution is -2.46. The Balaban J connectivity index is 2.24. The van der Waals surface area contributed by atoms with Crippen LogP contribution in [0.4, 0.5) is 10.1 Å². The molecule has 7 heteroatoms. The Morgan fingerprint density at radius 3 is 2.79 bits per heavy atom. The van der Waals surface area contributed by atoms with Gasteiger partial charge in [-0.2, -0.15) is 0 Å². The number of anilines is 1. The Labute approximate surface area is 111 Å². The second-order valence-electron chi connectivity index (χ2n) is 4.80. The molecule has 0 bridgehead atoms. The van der Waals surface area contributed by atoms with E-state index in [4.69, 9.17) is 10.5 Å². The third-order valence-corrected chi connectivity index (χ3v) is 5.16. The molecule has 0 aliphatic carbocycles. The van der Waals surface area contributed by atoms with Gasteiger partial charge >= 0.3 is 0 Å². The molecule has 1 aliphatic rings. The van der Waals surface area contributed by atoms with Gasteiger partial charge in [0.15, 0.2) is 21.4 Å². The molecule has 106 valence electrons. The van der Waals surface area contributed by atoms with E-state index in [1.54, 1.807) is 6.07 Å². The number of nitrogens with one attached hydrogen (secondary N) is 1. The maximum absolute atomic E-state index is 13.3. The van der Waals surface area contributed by atoms with Crippen molar-refractivity contribution in [2.45, 2.75) is 12.0 Å². The van der Waals surface area contributed by atoms with Gasteiger partial charge < -0.3 is 15.8 Å². The van der Waals surface area contributed by atoms with Crippen LogP contribution in [0.1, 0.15) is 6.42 Å². The molecule has 0 spiro atoms. The first kappa shape index (κ1) is 14.1. The minimum atomic E-state index is -3.06. The summed E-state index contributed by atoms with van der Waals surface area (Å²) in [5, 5.41) is 3.11. The van der Waals surface area contributed by atoms with E-state index in [9.17, 15) is 12.8 Å². The van der Waals surface area contributed by atoms with Crippen molar-refractivity contribution in [1.82, 2.24) is 0 Å². The van der Waals surface area contributed by atoms with Crippen LogP contribution in [0, 0.1) is 5.82 Å². The summed E-state index contributed by atoms with van der Waals surface area (Å²) in [4.78, 5) is 0. The number of hydrogen-bond acceptors (Lipinski definition) is 5. The van der Waals surface area contributed by atoms with E-state index in [0.29, 0.717) is 12.1 Å². The first-order chi connectivity index (χ1) is 8.90. The number of ether oxygens (including phenoxy) is 1. The minimum Gasteiger partial charge on any atom is -0.494 e.